The molecule has 0 atom stereocenters. The zero-order valence-corrected chi connectivity index (χ0v) is 19.2. The maximum absolute atomic E-state index is 13.5. The lowest BCUT2D eigenvalue weighted by molar-refractivity contribution is 0.245. The van der Waals surface area contributed by atoms with Crippen LogP contribution < -0.4 is 11.2 Å². The van der Waals surface area contributed by atoms with Crippen molar-refractivity contribution in [1.82, 2.24) is 14.5 Å². The van der Waals surface area contributed by atoms with Gasteiger partial charge in [-0.15, -0.1) is 11.3 Å². The number of piperidine rings is 1. The van der Waals surface area contributed by atoms with Gasteiger partial charge in [-0.05, 0) is 65.3 Å². The van der Waals surface area contributed by atoms with Crippen LogP contribution in [0.2, 0.25) is 0 Å². The minimum atomic E-state index is -0.386. The number of aromatic amines is 1. The number of rotatable bonds is 5. The van der Waals surface area contributed by atoms with E-state index >= 15 is 0 Å². The Balaban J connectivity index is 1.35. The van der Waals surface area contributed by atoms with E-state index in [-0.39, 0.29) is 22.9 Å². The Labute approximate surface area is 198 Å². The van der Waals surface area contributed by atoms with Crippen molar-refractivity contribution in [2.24, 2.45) is 0 Å². The van der Waals surface area contributed by atoms with Crippen molar-refractivity contribution in [2.45, 2.75) is 19.4 Å². The monoisotopic (exact) mass is 479 g/mol. The number of H-pyrrole nitrogens is 1. The molecule has 1 N–H and O–H groups in total. The molecule has 3 heterocycles. The molecule has 1 aliphatic heterocycles. The van der Waals surface area contributed by atoms with Gasteiger partial charge in [0.05, 0.1) is 5.52 Å². The topological polar surface area (TPSA) is 58.1 Å². The van der Waals surface area contributed by atoms with Gasteiger partial charge in [-0.1, -0.05) is 29.8 Å². The lowest BCUT2D eigenvalue weighted by Crippen LogP contribution is -2.40. The van der Waals surface area contributed by atoms with Crippen molar-refractivity contribution in [3.63, 3.8) is 0 Å². The average molecular weight is 480 g/mol. The average Bonchev–Trinajstić information content (AvgIpc) is 3.31. The van der Waals surface area contributed by atoms with E-state index in [1.54, 1.807) is 35.7 Å². The van der Waals surface area contributed by atoms with Gasteiger partial charge in [-0.25, -0.2) is 13.6 Å². The molecular formula is C26H23F2N3O2S. The molecule has 0 amide bonds. The molecule has 0 unspecified atom stereocenters. The third-order valence-corrected chi connectivity index (χ3v) is 7.21. The summed E-state index contributed by atoms with van der Waals surface area (Å²) in [7, 11) is 0. The highest BCUT2D eigenvalue weighted by Crippen LogP contribution is 2.32. The smallest absolute Gasteiger partial charge is 0.306 e. The molecule has 1 saturated heterocycles. The molecule has 0 bridgehead atoms. The third-order valence-electron chi connectivity index (χ3n) is 6.31. The molecule has 5 nitrogen and oxygen atoms in total. The number of benzene rings is 2. The molecule has 174 valence electrons. The van der Waals surface area contributed by atoms with E-state index in [9.17, 15) is 18.4 Å². The molecule has 0 saturated carbocycles. The second-order valence-electron chi connectivity index (χ2n) is 8.38. The minimum absolute atomic E-state index is 0.249. The Morgan fingerprint density at radius 1 is 0.853 bits per heavy atom. The van der Waals surface area contributed by atoms with Crippen LogP contribution in [0.3, 0.4) is 0 Å². The van der Waals surface area contributed by atoms with Gasteiger partial charge in [-0.2, -0.15) is 0 Å². The predicted octanol–water partition coefficient (Wildman–Crippen LogP) is 4.63. The number of hydrogen-bond acceptors (Lipinski definition) is 4. The highest BCUT2D eigenvalue weighted by Gasteiger charge is 2.20. The summed E-state index contributed by atoms with van der Waals surface area (Å²) in [5.41, 5.74) is 3.99. The standard InChI is InChI=1S/C26H23F2N3O2S/c27-20-5-1-17(2-6-20)23(18-3-7-21(28)8-4-18)19-9-12-30(13-10-19)14-15-31-25(32)24-22(11-16-34-24)29-26(31)33/h1-8,11,16H,9-10,12-15H2,(H,29,33). The number of likely N-dealkylation sites (tertiary alicyclic amines) is 1. The fourth-order valence-corrected chi connectivity index (χ4v) is 5.32. The Hall–Kier alpha value is -3.36. The summed E-state index contributed by atoms with van der Waals surface area (Å²) in [5.74, 6) is -0.596. The molecule has 8 heteroatoms. The van der Waals surface area contributed by atoms with E-state index in [2.05, 4.69) is 9.88 Å². The van der Waals surface area contributed by atoms with Crippen LogP contribution >= 0.6 is 11.3 Å². The Morgan fingerprint density at radius 3 is 2.03 bits per heavy atom. The van der Waals surface area contributed by atoms with Crippen LogP contribution in [0, 0.1) is 11.6 Å². The number of thiophene rings is 1. The molecule has 2 aromatic heterocycles. The lowest BCUT2D eigenvalue weighted by atomic mass is 9.88. The first-order chi connectivity index (χ1) is 16.5. The first-order valence-electron chi connectivity index (χ1n) is 11.2. The van der Waals surface area contributed by atoms with Gasteiger partial charge in [0.25, 0.3) is 5.56 Å². The van der Waals surface area contributed by atoms with Crippen molar-refractivity contribution in [3.8, 4) is 0 Å². The van der Waals surface area contributed by atoms with Gasteiger partial charge in [-0.3, -0.25) is 9.36 Å². The summed E-state index contributed by atoms with van der Waals surface area (Å²) in [6.07, 6.45) is 1.58. The maximum Gasteiger partial charge on any atom is 0.328 e. The van der Waals surface area contributed by atoms with Crippen molar-refractivity contribution in [2.75, 3.05) is 19.6 Å². The molecule has 1 aliphatic rings. The van der Waals surface area contributed by atoms with E-state index in [4.69, 9.17) is 0 Å². The molecule has 34 heavy (non-hydrogen) atoms. The number of hydrogen-bond donors (Lipinski definition) is 1. The number of aromatic nitrogens is 2. The molecular weight excluding hydrogens is 456 g/mol. The number of halogens is 2. The maximum atomic E-state index is 13.5. The van der Waals surface area contributed by atoms with Crippen LogP contribution in [-0.4, -0.2) is 34.1 Å². The summed E-state index contributed by atoms with van der Waals surface area (Å²) >= 11 is 1.33. The van der Waals surface area contributed by atoms with Crippen LogP contribution in [0.15, 0.2) is 75.1 Å². The van der Waals surface area contributed by atoms with Crippen LogP contribution in [0.25, 0.3) is 15.8 Å². The van der Waals surface area contributed by atoms with Crippen molar-refractivity contribution in [1.29, 1.82) is 0 Å². The molecule has 0 spiro atoms. The third kappa shape index (κ3) is 4.51. The van der Waals surface area contributed by atoms with Gasteiger partial charge in [0.1, 0.15) is 16.3 Å². The zero-order valence-electron chi connectivity index (χ0n) is 18.4. The summed E-state index contributed by atoms with van der Waals surface area (Å²) in [6, 6.07) is 14.5. The van der Waals surface area contributed by atoms with E-state index in [0.29, 0.717) is 23.3 Å². The molecule has 4 aromatic rings. The van der Waals surface area contributed by atoms with Crippen LogP contribution in [0.4, 0.5) is 8.78 Å². The SMILES string of the molecule is O=c1[nH]c2ccsc2c(=O)n1CCN1CCC(=C(c2ccc(F)cc2)c2ccc(F)cc2)CC1. The van der Waals surface area contributed by atoms with E-state index in [1.807, 2.05) is 0 Å². The molecule has 0 aliphatic carbocycles. The van der Waals surface area contributed by atoms with Crippen LogP contribution in [0.5, 0.6) is 0 Å². The number of nitrogens with one attached hydrogen (secondary N) is 1. The van der Waals surface area contributed by atoms with Crippen LogP contribution in [0.1, 0.15) is 24.0 Å². The Morgan fingerprint density at radius 2 is 1.44 bits per heavy atom. The molecule has 0 radical (unpaired) electrons. The van der Waals surface area contributed by atoms with Gasteiger partial charge in [0.2, 0.25) is 0 Å². The molecule has 1 fully saturated rings. The highest BCUT2D eigenvalue weighted by molar-refractivity contribution is 7.17. The predicted molar refractivity (Wildman–Crippen MR) is 131 cm³/mol. The largest absolute Gasteiger partial charge is 0.328 e. The number of nitrogens with zero attached hydrogens (tertiary/aromatic N) is 2. The summed E-state index contributed by atoms with van der Waals surface area (Å²) in [4.78, 5) is 30.0. The van der Waals surface area contributed by atoms with E-state index < -0.39 is 0 Å². The first-order valence-corrected chi connectivity index (χ1v) is 12.0. The summed E-state index contributed by atoms with van der Waals surface area (Å²) in [6.45, 7) is 2.46. The summed E-state index contributed by atoms with van der Waals surface area (Å²) in [5, 5.41) is 1.80. The highest BCUT2D eigenvalue weighted by atomic mass is 32.1. The molecule has 2 aromatic carbocycles. The normalized spacial score (nSPS) is 14.6. The Kier molecular flexibility index (Phi) is 6.26. The lowest BCUT2D eigenvalue weighted by Gasteiger charge is -2.30. The second-order valence-corrected chi connectivity index (χ2v) is 9.30. The Bertz CT molecular complexity index is 1410. The van der Waals surface area contributed by atoms with Crippen LogP contribution in [-0.2, 0) is 6.54 Å². The summed E-state index contributed by atoms with van der Waals surface area (Å²) < 4.78 is 28.9. The van der Waals surface area contributed by atoms with Gasteiger partial charge < -0.3 is 9.88 Å². The van der Waals surface area contributed by atoms with Gasteiger partial charge in [0.15, 0.2) is 0 Å². The fourth-order valence-electron chi connectivity index (χ4n) is 4.52. The van der Waals surface area contributed by atoms with Crippen molar-refractivity contribution < 1.29 is 8.78 Å². The van der Waals surface area contributed by atoms with E-state index in [1.165, 1.54) is 45.7 Å². The van der Waals surface area contributed by atoms with Crippen molar-refractivity contribution in [3.05, 3.63) is 109 Å². The minimum Gasteiger partial charge on any atom is -0.306 e. The zero-order chi connectivity index (χ0) is 23.7. The molecule has 5 rings (SSSR count). The quantitative estimate of drug-likeness (QED) is 0.454. The van der Waals surface area contributed by atoms with Gasteiger partial charge in [0, 0.05) is 26.2 Å². The number of fused-ring (bicyclic) bond motifs is 1. The fraction of sp³-hybridized carbons (Fsp3) is 0.231. The first kappa shape index (κ1) is 22.4. The van der Waals surface area contributed by atoms with E-state index in [0.717, 1.165) is 42.6 Å². The van der Waals surface area contributed by atoms with Gasteiger partial charge >= 0.3 is 5.69 Å². The second kappa shape index (κ2) is 9.48. The van der Waals surface area contributed by atoms with Crippen molar-refractivity contribution >= 4 is 27.1 Å².